The van der Waals surface area contributed by atoms with Gasteiger partial charge in [0.2, 0.25) is 5.91 Å². The van der Waals surface area contributed by atoms with Crippen molar-refractivity contribution in [1.29, 1.82) is 0 Å². The SMILES string of the molecule is CN(C)C1(CNC(=O)[C@H]2CNC[C@@H]2c2cnn(C)c2)CCCCCC1. The van der Waals surface area contributed by atoms with Crippen LogP contribution in [0.15, 0.2) is 12.4 Å². The van der Waals surface area contributed by atoms with Crippen LogP contribution in [0.4, 0.5) is 0 Å². The van der Waals surface area contributed by atoms with Crippen LogP contribution in [0, 0.1) is 5.92 Å². The summed E-state index contributed by atoms with van der Waals surface area (Å²) in [4.78, 5) is 15.3. The number of carbonyl (C=O) groups excluding carboxylic acids is 1. The van der Waals surface area contributed by atoms with Crippen molar-refractivity contribution >= 4 is 5.91 Å². The van der Waals surface area contributed by atoms with Crippen molar-refractivity contribution in [1.82, 2.24) is 25.3 Å². The predicted octanol–water partition coefficient (Wildman–Crippen LogP) is 1.49. The summed E-state index contributed by atoms with van der Waals surface area (Å²) in [6, 6.07) is 0. The number of hydrogen-bond acceptors (Lipinski definition) is 4. The number of carbonyl (C=O) groups is 1. The molecule has 0 spiro atoms. The zero-order valence-corrected chi connectivity index (χ0v) is 15.9. The van der Waals surface area contributed by atoms with Gasteiger partial charge in [0, 0.05) is 44.3 Å². The summed E-state index contributed by atoms with van der Waals surface area (Å²) in [5.41, 5.74) is 1.27. The minimum absolute atomic E-state index is 0.00538. The van der Waals surface area contributed by atoms with Crippen LogP contribution in [-0.2, 0) is 11.8 Å². The minimum Gasteiger partial charge on any atom is -0.354 e. The highest BCUT2D eigenvalue weighted by atomic mass is 16.2. The van der Waals surface area contributed by atoms with Crippen LogP contribution in [-0.4, -0.2) is 59.9 Å². The number of rotatable bonds is 5. The molecule has 1 aromatic rings. The van der Waals surface area contributed by atoms with Crippen LogP contribution in [0.5, 0.6) is 0 Å². The van der Waals surface area contributed by atoms with Crippen LogP contribution < -0.4 is 10.6 Å². The molecule has 1 saturated carbocycles. The molecule has 0 radical (unpaired) electrons. The van der Waals surface area contributed by atoms with Crippen LogP contribution in [0.25, 0.3) is 0 Å². The van der Waals surface area contributed by atoms with Gasteiger partial charge in [-0.15, -0.1) is 0 Å². The Bertz CT molecular complexity index is 574. The highest BCUT2D eigenvalue weighted by Crippen LogP contribution is 2.32. The van der Waals surface area contributed by atoms with E-state index in [1.807, 2.05) is 24.1 Å². The van der Waals surface area contributed by atoms with Crippen LogP contribution in [0.3, 0.4) is 0 Å². The third-order valence-electron chi connectivity index (χ3n) is 6.28. The van der Waals surface area contributed by atoms with Crippen molar-refractivity contribution in [2.45, 2.75) is 50.0 Å². The quantitative estimate of drug-likeness (QED) is 0.793. The fraction of sp³-hybridized carbons (Fsp3) is 0.789. The number of aromatic nitrogens is 2. The average Bonchev–Trinajstić information content (AvgIpc) is 3.16. The second-order valence-electron chi connectivity index (χ2n) is 8.07. The molecular formula is C19H33N5O. The Balaban J connectivity index is 1.64. The van der Waals surface area contributed by atoms with Crippen LogP contribution in [0.2, 0.25) is 0 Å². The van der Waals surface area contributed by atoms with Crippen molar-refractivity contribution in [2.75, 3.05) is 33.7 Å². The first-order chi connectivity index (χ1) is 12.0. The summed E-state index contributed by atoms with van der Waals surface area (Å²) in [5.74, 6) is 0.400. The predicted molar refractivity (Wildman–Crippen MR) is 99.4 cm³/mol. The first-order valence-electron chi connectivity index (χ1n) is 9.66. The van der Waals surface area contributed by atoms with E-state index in [9.17, 15) is 4.79 Å². The lowest BCUT2D eigenvalue weighted by molar-refractivity contribution is -0.125. The molecule has 2 fully saturated rings. The second-order valence-corrected chi connectivity index (χ2v) is 8.07. The minimum atomic E-state index is -0.00538. The van der Waals surface area contributed by atoms with Gasteiger partial charge in [0.1, 0.15) is 0 Å². The summed E-state index contributed by atoms with van der Waals surface area (Å²) in [6.45, 7) is 2.36. The third-order valence-corrected chi connectivity index (χ3v) is 6.28. The van der Waals surface area contributed by atoms with E-state index in [-0.39, 0.29) is 23.3 Å². The summed E-state index contributed by atoms with van der Waals surface area (Å²) in [7, 11) is 6.24. The third kappa shape index (κ3) is 4.06. The number of hydrogen-bond donors (Lipinski definition) is 2. The Morgan fingerprint density at radius 2 is 2.04 bits per heavy atom. The molecule has 2 aliphatic rings. The maximum atomic E-state index is 12.9. The normalized spacial score (nSPS) is 26.6. The van der Waals surface area contributed by atoms with Crippen molar-refractivity contribution in [2.24, 2.45) is 13.0 Å². The van der Waals surface area contributed by atoms with E-state index in [0.717, 1.165) is 25.2 Å². The standard InChI is InChI=1S/C19H33N5O/c1-23(2)19(8-6-4-5-7-9-19)14-21-18(25)17-12-20-11-16(17)15-10-22-24(3)13-15/h10,13,16-17,20H,4-9,11-12,14H2,1-3H3,(H,21,25)/t16-,17+/m1/s1. The van der Waals surface area contributed by atoms with Gasteiger partial charge in [0.15, 0.2) is 0 Å². The topological polar surface area (TPSA) is 62.2 Å². The van der Waals surface area contributed by atoms with Gasteiger partial charge in [-0.25, -0.2) is 0 Å². The molecule has 2 heterocycles. The molecule has 1 saturated heterocycles. The summed E-state index contributed by atoms with van der Waals surface area (Å²) in [6.07, 6.45) is 11.4. The maximum Gasteiger partial charge on any atom is 0.225 e. The van der Waals surface area contributed by atoms with Crippen molar-refractivity contribution in [3.8, 4) is 0 Å². The Hall–Kier alpha value is -1.40. The molecule has 1 aromatic heterocycles. The number of aryl methyl sites for hydroxylation is 1. The molecule has 1 amide bonds. The van der Waals surface area contributed by atoms with Gasteiger partial charge in [-0.1, -0.05) is 25.7 Å². The molecule has 25 heavy (non-hydrogen) atoms. The van der Waals surface area contributed by atoms with Crippen molar-refractivity contribution in [3.63, 3.8) is 0 Å². The first kappa shape index (κ1) is 18.4. The molecule has 140 valence electrons. The van der Waals surface area contributed by atoms with Crippen LogP contribution in [0.1, 0.15) is 50.0 Å². The monoisotopic (exact) mass is 347 g/mol. The zero-order valence-electron chi connectivity index (χ0n) is 15.9. The Kier molecular flexibility index (Phi) is 5.79. The molecule has 2 atom stereocenters. The summed E-state index contributed by atoms with van der Waals surface area (Å²) >= 11 is 0. The van der Waals surface area contributed by atoms with Crippen molar-refractivity contribution in [3.05, 3.63) is 18.0 Å². The number of amides is 1. The lowest BCUT2D eigenvalue weighted by Crippen LogP contribution is -2.53. The van der Waals surface area contributed by atoms with Gasteiger partial charge >= 0.3 is 0 Å². The molecule has 0 aromatic carbocycles. The molecule has 2 N–H and O–H groups in total. The molecule has 6 nitrogen and oxygen atoms in total. The zero-order chi connectivity index (χ0) is 17.9. The number of nitrogens with zero attached hydrogens (tertiary/aromatic N) is 3. The largest absolute Gasteiger partial charge is 0.354 e. The highest BCUT2D eigenvalue weighted by Gasteiger charge is 2.37. The lowest BCUT2D eigenvalue weighted by Gasteiger charge is -2.40. The van der Waals surface area contributed by atoms with Gasteiger partial charge in [-0.05, 0) is 32.5 Å². The number of nitrogens with one attached hydrogen (secondary N) is 2. The van der Waals surface area contributed by atoms with E-state index in [1.54, 1.807) is 0 Å². The smallest absolute Gasteiger partial charge is 0.225 e. The Labute approximate surface area is 151 Å². The van der Waals surface area contributed by atoms with E-state index in [4.69, 9.17) is 0 Å². The van der Waals surface area contributed by atoms with Gasteiger partial charge in [0.05, 0.1) is 12.1 Å². The molecular weight excluding hydrogens is 314 g/mol. The van der Waals surface area contributed by atoms with E-state index >= 15 is 0 Å². The summed E-state index contributed by atoms with van der Waals surface area (Å²) in [5, 5.41) is 11.0. The molecule has 6 heteroatoms. The van der Waals surface area contributed by atoms with Crippen molar-refractivity contribution < 1.29 is 4.79 Å². The summed E-state index contributed by atoms with van der Waals surface area (Å²) < 4.78 is 1.81. The van der Waals surface area contributed by atoms with Crippen LogP contribution >= 0.6 is 0 Å². The Morgan fingerprint density at radius 1 is 1.32 bits per heavy atom. The second kappa shape index (κ2) is 7.87. The van der Waals surface area contributed by atoms with E-state index < -0.39 is 0 Å². The average molecular weight is 348 g/mol. The number of likely N-dealkylation sites (N-methyl/N-ethyl adjacent to an activating group) is 1. The fourth-order valence-corrected chi connectivity index (χ4v) is 4.49. The first-order valence-corrected chi connectivity index (χ1v) is 9.66. The lowest BCUT2D eigenvalue weighted by atomic mass is 9.87. The van der Waals surface area contributed by atoms with E-state index in [0.29, 0.717) is 0 Å². The molecule has 0 bridgehead atoms. The Morgan fingerprint density at radius 3 is 2.64 bits per heavy atom. The van der Waals surface area contributed by atoms with Gasteiger partial charge in [-0.2, -0.15) is 5.10 Å². The fourth-order valence-electron chi connectivity index (χ4n) is 4.49. The molecule has 1 aliphatic heterocycles. The van der Waals surface area contributed by atoms with Gasteiger partial charge < -0.3 is 15.5 Å². The molecule has 1 aliphatic carbocycles. The highest BCUT2D eigenvalue weighted by molar-refractivity contribution is 5.80. The van der Waals surface area contributed by atoms with Gasteiger partial charge in [0.25, 0.3) is 0 Å². The molecule has 0 unspecified atom stereocenters. The molecule has 3 rings (SSSR count). The van der Waals surface area contributed by atoms with E-state index in [2.05, 4.69) is 34.7 Å². The maximum absolute atomic E-state index is 12.9. The van der Waals surface area contributed by atoms with Gasteiger partial charge in [-0.3, -0.25) is 9.48 Å². The van der Waals surface area contributed by atoms with E-state index in [1.165, 1.54) is 38.5 Å².